The molecule has 0 saturated heterocycles. The van der Waals surface area contributed by atoms with E-state index in [-0.39, 0.29) is 0 Å². The van der Waals surface area contributed by atoms with E-state index in [1.165, 1.54) is 27.6 Å². The van der Waals surface area contributed by atoms with Crippen molar-refractivity contribution in [1.29, 1.82) is 0 Å². The highest BCUT2D eigenvalue weighted by atomic mass is 16.5. The minimum absolute atomic E-state index is 0.920. The SMILES string of the molecule is CCc1cccc2c(C[NH2+]CCc3ccc(OC)cc3)c[nH]c12. The van der Waals surface area contributed by atoms with Crippen LogP contribution in [-0.4, -0.2) is 18.6 Å². The van der Waals surface area contributed by atoms with Gasteiger partial charge in [-0.05, 0) is 29.7 Å². The summed E-state index contributed by atoms with van der Waals surface area (Å²) >= 11 is 0. The van der Waals surface area contributed by atoms with Crippen LogP contribution in [0.25, 0.3) is 10.9 Å². The summed E-state index contributed by atoms with van der Waals surface area (Å²) in [5.74, 6) is 0.920. The summed E-state index contributed by atoms with van der Waals surface area (Å²) in [6.45, 7) is 4.31. The Labute approximate surface area is 137 Å². The first-order valence-electron chi connectivity index (χ1n) is 8.34. The molecule has 0 aliphatic rings. The third kappa shape index (κ3) is 3.57. The number of benzene rings is 2. The molecule has 23 heavy (non-hydrogen) atoms. The molecule has 0 spiro atoms. The van der Waals surface area contributed by atoms with E-state index >= 15 is 0 Å². The lowest BCUT2D eigenvalue weighted by Gasteiger charge is -2.04. The molecule has 3 rings (SSSR count). The fourth-order valence-electron chi connectivity index (χ4n) is 3.06. The van der Waals surface area contributed by atoms with Gasteiger partial charge in [-0.2, -0.15) is 0 Å². The third-order valence-electron chi connectivity index (χ3n) is 4.43. The molecule has 0 amide bonds. The smallest absolute Gasteiger partial charge is 0.118 e. The molecule has 0 atom stereocenters. The molecule has 120 valence electrons. The van der Waals surface area contributed by atoms with Gasteiger partial charge in [0.15, 0.2) is 0 Å². The largest absolute Gasteiger partial charge is 0.497 e. The number of para-hydroxylation sites is 1. The van der Waals surface area contributed by atoms with Gasteiger partial charge in [0.05, 0.1) is 13.7 Å². The van der Waals surface area contributed by atoms with Gasteiger partial charge in [0.25, 0.3) is 0 Å². The van der Waals surface area contributed by atoms with Crippen molar-refractivity contribution in [2.24, 2.45) is 0 Å². The van der Waals surface area contributed by atoms with Gasteiger partial charge in [0.1, 0.15) is 12.3 Å². The third-order valence-corrected chi connectivity index (χ3v) is 4.43. The van der Waals surface area contributed by atoms with Crippen molar-refractivity contribution < 1.29 is 10.1 Å². The molecule has 0 aliphatic carbocycles. The van der Waals surface area contributed by atoms with Crippen LogP contribution in [0.1, 0.15) is 23.6 Å². The standard InChI is InChI=1S/C20H24N2O/c1-3-16-5-4-6-19-17(14-22-20(16)19)13-21-12-11-15-7-9-18(23-2)10-8-15/h4-10,14,21-22H,3,11-13H2,1-2H3/p+1. The van der Waals surface area contributed by atoms with Crippen LogP contribution < -0.4 is 10.1 Å². The van der Waals surface area contributed by atoms with Crippen LogP contribution in [0.15, 0.2) is 48.7 Å². The van der Waals surface area contributed by atoms with E-state index in [2.05, 4.69) is 53.8 Å². The van der Waals surface area contributed by atoms with Crippen LogP contribution in [0.2, 0.25) is 0 Å². The molecule has 0 aliphatic heterocycles. The van der Waals surface area contributed by atoms with Crippen LogP contribution in [-0.2, 0) is 19.4 Å². The van der Waals surface area contributed by atoms with Crippen LogP contribution in [0.4, 0.5) is 0 Å². The fourth-order valence-corrected chi connectivity index (χ4v) is 3.06. The van der Waals surface area contributed by atoms with Gasteiger partial charge in [-0.15, -0.1) is 0 Å². The second kappa shape index (κ2) is 7.34. The predicted molar refractivity (Wildman–Crippen MR) is 94.9 cm³/mol. The Morgan fingerprint density at radius 3 is 2.61 bits per heavy atom. The first-order valence-corrected chi connectivity index (χ1v) is 8.34. The lowest BCUT2D eigenvalue weighted by Crippen LogP contribution is -2.83. The van der Waals surface area contributed by atoms with Gasteiger partial charge in [0, 0.05) is 29.1 Å². The van der Waals surface area contributed by atoms with Crippen molar-refractivity contribution >= 4 is 10.9 Å². The Morgan fingerprint density at radius 2 is 1.87 bits per heavy atom. The average molecular weight is 309 g/mol. The molecule has 3 N–H and O–H groups in total. The molecule has 2 aromatic carbocycles. The number of nitrogens with two attached hydrogens (primary N) is 1. The zero-order valence-electron chi connectivity index (χ0n) is 13.9. The molecule has 1 aromatic heterocycles. The van der Waals surface area contributed by atoms with Gasteiger partial charge in [-0.3, -0.25) is 0 Å². The number of aromatic nitrogens is 1. The maximum Gasteiger partial charge on any atom is 0.118 e. The normalized spacial score (nSPS) is 11.0. The molecular formula is C20H25N2O+. The number of quaternary nitrogens is 1. The summed E-state index contributed by atoms with van der Waals surface area (Å²) in [6.07, 6.45) is 4.30. The minimum atomic E-state index is 0.920. The Balaban J connectivity index is 1.56. The fraction of sp³-hybridized carbons (Fsp3) is 0.300. The highest BCUT2D eigenvalue weighted by molar-refractivity contribution is 5.85. The molecule has 3 heteroatoms. The van der Waals surface area contributed by atoms with Crippen molar-refractivity contribution in [2.45, 2.75) is 26.3 Å². The number of ether oxygens (including phenoxy) is 1. The number of H-pyrrole nitrogens is 1. The van der Waals surface area contributed by atoms with E-state index in [1.54, 1.807) is 7.11 Å². The number of aromatic amines is 1. The van der Waals surface area contributed by atoms with Crippen LogP contribution >= 0.6 is 0 Å². The number of hydrogen-bond acceptors (Lipinski definition) is 1. The number of nitrogens with one attached hydrogen (secondary N) is 1. The van der Waals surface area contributed by atoms with E-state index in [9.17, 15) is 0 Å². The van der Waals surface area contributed by atoms with Crippen molar-refractivity contribution in [2.75, 3.05) is 13.7 Å². The van der Waals surface area contributed by atoms with E-state index in [0.29, 0.717) is 0 Å². The molecule has 0 saturated carbocycles. The number of aryl methyl sites for hydroxylation is 1. The van der Waals surface area contributed by atoms with Gasteiger partial charge < -0.3 is 15.0 Å². The zero-order chi connectivity index (χ0) is 16.1. The summed E-state index contributed by atoms with van der Waals surface area (Å²) in [7, 11) is 1.70. The summed E-state index contributed by atoms with van der Waals surface area (Å²) in [5.41, 5.74) is 5.44. The van der Waals surface area contributed by atoms with Gasteiger partial charge >= 0.3 is 0 Å². The van der Waals surface area contributed by atoms with Crippen LogP contribution in [0.3, 0.4) is 0 Å². The molecule has 1 heterocycles. The highest BCUT2D eigenvalue weighted by Gasteiger charge is 2.07. The second-order valence-electron chi connectivity index (χ2n) is 5.89. The first kappa shape index (κ1) is 15.6. The quantitative estimate of drug-likeness (QED) is 0.647. The van der Waals surface area contributed by atoms with Crippen molar-refractivity contribution in [3.63, 3.8) is 0 Å². The monoisotopic (exact) mass is 309 g/mol. The summed E-state index contributed by atoms with van der Waals surface area (Å²) in [4.78, 5) is 3.45. The zero-order valence-corrected chi connectivity index (χ0v) is 13.9. The Bertz CT molecular complexity index is 759. The molecule has 3 nitrogen and oxygen atoms in total. The topological polar surface area (TPSA) is 41.6 Å². The van der Waals surface area contributed by atoms with E-state index in [4.69, 9.17) is 4.74 Å². The van der Waals surface area contributed by atoms with E-state index in [1.807, 2.05) is 12.1 Å². The average Bonchev–Trinajstić information content (AvgIpc) is 3.02. The number of hydrogen-bond donors (Lipinski definition) is 2. The number of methoxy groups -OCH3 is 1. The van der Waals surface area contributed by atoms with Crippen molar-refractivity contribution in [3.8, 4) is 5.75 Å². The van der Waals surface area contributed by atoms with Gasteiger partial charge in [-0.25, -0.2) is 0 Å². The molecule has 3 aromatic rings. The minimum Gasteiger partial charge on any atom is -0.497 e. The Morgan fingerprint density at radius 1 is 1.04 bits per heavy atom. The summed E-state index contributed by atoms with van der Waals surface area (Å²) in [6, 6.07) is 14.9. The molecule has 0 unspecified atom stereocenters. The Hall–Kier alpha value is -2.26. The number of fused-ring (bicyclic) bond motifs is 1. The molecular weight excluding hydrogens is 284 g/mol. The lowest BCUT2D eigenvalue weighted by molar-refractivity contribution is -0.669. The summed E-state index contributed by atoms with van der Waals surface area (Å²) in [5, 5.41) is 3.75. The first-order chi connectivity index (χ1) is 11.3. The van der Waals surface area contributed by atoms with Gasteiger partial charge in [-0.1, -0.05) is 37.3 Å². The molecule has 0 bridgehead atoms. The highest BCUT2D eigenvalue weighted by Crippen LogP contribution is 2.21. The maximum atomic E-state index is 5.19. The lowest BCUT2D eigenvalue weighted by atomic mass is 10.1. The maximum absolute atomic E-state index is 5.19. The van der Waals surface area contributed by atoms with Crippen LogP contribution in [0.5, 0.6) is 5.75 Å². The van der Waals surface area contributed by atoms with Gasteiger partial charge in [0.2, 0.25) is 0 Å². The predicted octanol–water partition coefficient (Wildman–Crippen LogP) is 3.05. The summed E-state index contributed by atoms with van der Waals surface area (Å²) < 4.78 is 5.19. The van der Waals surface area contributed by atoms with Crippen molar-refractivity contribution in [1.82, 2.24) is 4.98 Å². The van der Waals surface area contributed by atoms with Crippen LogP contribution in [0, 0.1) is 0 Å². The molecule has 0 fully saturated rings. The Kier molecular flexibility index (Phi) is 4.99. The number of rotatable bonds is 7. The van der Waals surface area contributed by atoms with E-state index in [0.717, 1.165) is 31.7 Å². The molecule has 0 radical (unpaired) electrons. The second-order valence-corrected chi connectivity index (χ2v) is 5.89. The van der Waals surface area contributed by atoms with Crippen molar-refractivity contribution in [3.05, 3.63) is 65.4 Å². The van der Waals surface area contributed by atoms with E-state index < -0.39 is 0 Å².